The number of aryl methyl sites for hydroxylation is 1. The zero-order chi connectivity index (χ0) is 15.1. The van der Waals surface area contributed by atoms with E-state index in [4.69, 9.17) is 4.74 Å². The number of aromatic nitrogens is 2. The smallest absolute Gasteiger partial charge is 0.218 e. The van der Waals surface area contributed by atoms with Gasteiger partial charge in [0.15, 0.2) is 0 Å². The van der Waals surface area contributed by atoms with Gasteiger partial charge in [-0.25, -0.2) is 4.98 Å². The minimum Gasteiger partial charge on any atom is -0.478 e. The fourth-order valence-electron chi connectivity index (χ4n) is 2.87. The molecule has 0 aromatic carbocycles. The lowest BCUT2D eigenvalue weighted by atomic mass is 9.99. The second kappa shape index (κ2) is 8.17. The Kier molecular flexibility index (Phi) is 6.23. The molecule has 0 radical (unpaired) electrons. The Labute approximate surface area is 128 Å². The summed E-state index contributed by atoms with van der Waals surface area (Å²) in [5.41, 5.74) is 0. The van der Waals surface area contributed by atoms with Crippen LogP contribution in [0.2, 0.25) is 0 Å². The van der Waals surface area contributed by atoms with E-state index in [-0.39, 0.29) is 0 Å². The Balaban J connectivity index is 2.12. The Morgan fingerprint density at radius 2 is 2.24 bits per heavy atom. The van der Waals surface area contributed by atoms with Crippen molar-refractivity contribution in [1.29, 1.82) is 0 Å². The molecule has 1 aromatic heterocycles. The van der Waals surface area contributed by atoms with Crippen molar-refractivity contribution < 1.29 is 4.74 Å². The van der Waals surface area contributed by atoms with Crippen LogP contribution in [0.1, 0.15) is 38.9 Å². The van der Waals surface area contributed by atoms with E-state index in [1.54, 1.807) is 0 Å². The third-order valence-electron chi connectivity index (χ3n) is 3.79. The summed E-state index contributed by atoms with van der Waals surface area (Å²) in [6.07, 6.45) is 3.69. The molecule has 1 fully saturated rings. The van der Waals surface area contributed by atoms with Crippen LogP contribution in [0.4, 0.5) is 5.82 Å². The molecule has 5 nitrogen and oxygen atoms in total. The predicted molar refractivity (Wildman–Crippen MR) is 86.0 cm³/mol. The largest absolute Gasteiger partial charge is 0.478 e. The highest BCUT2D eigenvalue weighted by atomic mass is 16.5. The Morgan fingerprint density at radius 1 is 1.38 bits per heavy atom. The van der Waals surface area contributed by atoms with Gasteiger partial charge in [-0.15, -0.1) is 0 Å². The van der Waals surface area contributed by atoms with Gasteiger partial charge in [-0.1, -0.05) is 6.92 Å². The second-order valence-electron chi connectivity index (χ2n) is 5.70. The molecular formula is C16H28N4O. The molecule has 2 rings (SSSR count). The Bertz CT molecular complexity index is 432. The molecule has 0 amide bonds. The van der Waals surface area contributed by atoms with E-state index in [2.05, 4.69) is 27.1 Å². The molecule has 0 saturated carbocycles. The van der Waals surface area contributed by atoms with Crippen LogP contribution in [0.15, 0.2) is 6.07 Å². The molecule has 118 valence electrons. The number of piperidine rings is 1. The third-order valence-corrected chi connectivity index (χ3v) is 3.79. The number of anilines is 1. The number of nitrogens with one attached hydrogen (secondary N) is 1. The van der Waals surface area contributed by atoms with Crippen LogP contribution >= 0.6 is 0 Å². The minimum atomic E-state index is 0.635. The SMILES string of the molecule is CCCN(CC1CCCNC1)c1cc(OCC)nc(C)n1. The fourth-order valence-corrected chi connectivity index (χ4v) is 2.87. The number of hydrogen-bond acceptors (Lipinski definition) is 5. The van der Waals surface area contributed by atoms with Crippen molar-refractivity contribution >= 4 is 5.82 Å². The van der Waals surface area contributed by atoms with Crippen LogP contribution in [0, 0.1) is 12.8 Å². The van der Waals surface area contributed by atoms with Crippen LogP contribution in [-0.4, -0.2) is 42.8 Å². The van der Waals surface area contributed by atoms with Crippen LogP contribution in [-0.2, 0) is 0 Å². The quantitative estimate of drug-likeness (QED) is 0.836. The van der Waals surface area contributed by atoms with Gasteiger partial charge in [-0.05, 0) is 52.1 Å². The highest BCUT2D eigenvalue weighted by molar-refractivity contribution is 5.42. The van der Waals surface area contributed by atoms with Crippen molar-refractivity contribution in [2.75, 3.05) is 37.7 Å². The molecule has 1 aromatic rings. The van der Waals surface area contributed by atoms with E-state index in [9.17, 15) is 0 Å². The molecule has 2 heterocycles. The first-order chi connectivity index (χ1) is 10.2. The number of nitrogens with zero attached hydrogens (tertiary/aromatic N) is 3. The van der Waals surface area contributed by atoms with Crippen molar-refractivity contribution in [3.8, 4) is 5.88 Å². The highest BCUT2D eigenvalue weighted by Crippen LogP contribution is 2.21. The van der Waals surface area contributed by atoms with E-state index < -0.39 is 0 Å². The molecular weight excluding hydrogens is 264 g/mol. The maximum absolute atomic E-state index is 5.56. The maximum Gasteiger partial charge on any atom is 0.218 e. The van der Waals surface area contributed by atoms with E-state index >= 15 is 0 Å². The molecule has 21 heavy (non-hydrogen) atoms. The van der Waals surface area contributed by atoms with E-state index in [0.29, 0.717) is 18.4 Å². The van der Waals surface area contributed by atoms with Crippen LogP contribution in [0.3, 0.4) is 0 Å². The molecule has 0 spiro atoms. The van der Waals surface area contributed by atoms with Crippen molar-refractivity contribution in [1.82, 2.24) is 15.3 Å². The maximum atomic E-state index is 5.56. The van der Waals surface area contributed by atoms with Gasteiger partial charge in [0.2, 0.25) is 5.88 Å². The number of hydrogen-bond donors (Lipinski definition) is 1. The van der Waals surface area contributed by atoms with Crippen molar-refractivity contribution in [3.05, 3.63) is 11.9 Å². The second-order valence-corrected chi connectivity index (χ2v) is 5.70. The summed E-state index contributed by atoms with van der Waals surface area (Å²) in [6.45, 7) is 11.1. The van der Waals surface area contributed by atoms with Gasteiger partial charge >= 0.3 is 0 Å². The normalized spacial score (nSPS) is 18.5. The van der Waals surface area contributed by atoms with Gasteiger partial charge in [0, 0.05) is 19.2 Å². The van der Waals surface area contributed by atoms with Gasteiger partial charge < -0.3 is 15.0 Å². The number of rotatable bonds is 7. The standard InChI is InChI=1S/C16H28N4O/c1-4-9-20(12-14-7-6-8-17-11-14)15-10-16(21-5-2)19-13(3)18-15/h10,14,17H,4-9,11-12H2,1-3H3. The summed E-state index contributed by atoms with van der Waals surface area (Å²) < 4.78 is 5.56. The van der Waals surface area contributed by atoms with E-state index in [1.807, 2.05) is 19.9 Å². The monoisotopic (exact) mass is 292 g/mol. The first-order valence-corrected chi connectivity index (χ1v) is 8.17. The average molecular weight is 292 g/mol. The first-order valence-electron chi connectivity index (χ1n) is 8.17. The predicted octanol–water partition coefficient (Wildman–Crippen LogP) is 2.40. The van der Waals surface area contributed by atoms with Gasteiger partial charge in [-0.3, -0.25) is 0 Å². The van der Waals surface area contributed by atoms with Gasteiger partial charge in [0.1, 0.15) is 11.6 Å². The van der Waals surface area contributed by atoms with Crippen molar-refractivity contribution in [2.45, 2.75) is 40.0 Å². The lowest BCUT2D eigenvalue weighted by molar-refractivity contribution is 0.325. The molecule has 1 unspecified atom stereocenters. The minimum absolute atomic E-state index is 0.635. The molecule has 1 N–H and O–H groups in total. The summed E-state index contributed by atoms with van der Waals surface area (Å²) in [5.74, 6) is 3.16. The first kappa shape index (κ1) is 16.0. The Hall–Kier alpha value is -1.36. The molecule has 5 heteroatoms. The molecule has 1 atom stereocenters. The lowest BCUT2D eigenvalue weighted by Crippen LogP contribution is -2.39. The summed E-state index contributed by atoms with van der Waals surface area (Å²) >= 11 is 0. The highest BCUT2D eigenvalue weighted by Gasteiger charge is 2.18. The van der Waals surface area contributed by atoms with Crippen molar-refractivity contribution in [3.63, 3.8) is 0 Å². The van der Waals surface area contributed by atoms with Crippen molar-refractivity contribution in [2.24, 2.45) is 5.92 Å². The zero-order valence-corrected chi connectivity index (χ0v) is 13.6. The summed E-state index contributed by atoms with van der Waals surface area (Å²) in [4.78, 5) is 11.3. The topological polar surface area (TPSA) is 50.3 Å². The van der Waals surface area contributed by atoms with Crippen LogP contribution in [0.25, 0.3) is 0 Å². The van der Waals surface area contributed by atoms with E-state index in [0.717, 1.165) is 44.2 Å². The van der Waals surface area contributed by atoms with Crippen LogP contribution < -0.4 is 15.0 Å². The molecule has 0 bridgehead atoms. The summed E-state index contributed by atoms with van der Waals surface area (Å²) in [6, 6.07) is 1.97. The third kappa shape index (κ3) is 4.84. The van der Waals surface area contributed by atoms with Gasteiger partial charge in [0.05, 0.1) is 6.61 Å². The summed E-state index contributed by atoms with van der Waals surface area (Å²) in [7, 11) is 0. The molecule has 1 aliphatic rings. The molecule has 1 aliphatic heterocycles. The van der Waals surface area contributed by atoms with Gasteiger partial charge in [0.25, 0.3) is 0 Å². The Morgan fingerprint density at radius 3 is 2.90 bits per heavy atom. The fraction of sp³-hybridized carbons (Fsp3) is 0.750. The summed E-state index contributed by atoms with van der Waals surface area (Å²) in [5, 5.41) is 3.49. The number of ether oxygens (including phenoxy) is 1. The zero-order valence-electron chi connectivity index (χ0n) is 13.6. The lowest BCUT2D eigenvalue weighted by Gasteiger charge is -2.31. The average Bonchev–Trinajstić information content (AvgIpc) is 2.48. The van der Waals surface area contributed by atoms with Gasteiger partial charge in [-0.2, -0.15) is 4.98 Å². The van der Waals surface area contributed by atoms with Crippen LogP contribution in [0.5, 0.6) is 5.88 Å². The molecule has 1 saturated heterocycles. The van der Waals surface area contributed by atoms with E-state index in [1.165, 1.54) is 12.8 Å². The molecule has 0 aliphatic carbocycles.